The standard InChI is InChI=1S/C20H22N2O2S/c1-15-13-19(22-20(23)21-15)25-12-6-2-5-11-24-18-10-9-16-7-3-4-8-17(16)14-18/h3-4,7-10,13-14H,2,5-6,11-12H2,1H3,(H,21,22,23). The molecule has 0 aliphatic rings. The van der Waals surface area contributed by atoms with Crippen LogP contribution in [0, 0.1) is 6.92 Å². The van der Waals surface area contributed by atoms with Crippen LogP contribution in [0.4, 0.5) is 0 Å². The van der Waals surface area contributed by atoms with Crippen molar-refractivity contribution in [2.75, 3.05) is 12.4 Å². The molecule has 0 saturated carbocycles. The molecule has 0 aliphatic heterocycles. The lowest BCUT2D eigenvalue weighted by molar-refractivity contribution is 0.307. The van der Waals surface area contributed by atoms with Gasteiger partial charge in [0.2, 0.25) is 0 Å². The van der Waals surface area contributed by atoms with Crippen molar-refractivity contribution in [2.24, 2.45) is 0 Å². The number of nitrogens with zero attached hydrogens (tertiary/aromatic N) is 1. The van der Waals surface area contributed by atoms with Crippen LogP contribution < -0.4 is 10.4 Å². The van der Waals surface area contributed by atoms with Gasteiger partial charge in [-0.05, 0) is 60.9 Å². The number of thioether (sulfide) groups is 1. The third-order valence-corrected chi connectivity index (χ3v) is 4.88. The molecule has 0 fully saturated rings. The van der Waals surface area contributed by atoms with Crippen LogP contribution >= 0.6 is 11.8 Å². The highest BCUT2D eigenvalue weighted by atomic mass is 32.2. The fraction of sp³-hybridized carbons (Fsp3) is 0.300. The zero-order valence-electron chi connectivity index (χ0n) is 14.3. The number of nitrogens with one attached hydrogen (secondary N) is 1. The molecular formula is C20H22N2O2S. The molecule has 3 aromatic rings. The molecule has 0 unspecified atom stereocenters. The maximum absolute atomic E-state index is 11.3. The third kappa shape index (κ3) is 5.36. The van der Waals surface area contributed by atoms with Gasteiger partial charge in [0.05, 0.1) is 6.61 Å². The van der Waals surface area contributed by atoms with E-state index in [9.17, 15) is 4.79 Å². The molecule has 4 nitrogen and oxygen atoms in total. The van der Waals surface area contributed by atoms with Gasteiger partial charge in [0.25, 0.3) is 0 Å². The quantitative estimate of drug-likeness (QED) is 0.366. The normalized spacial score (nSPS) is 10.9. The fourth-order valence-electron chi connectivity index (χ4n) is 2.63. The Morgan fingerprint density at radius 1 is 1.04 bits per heavy atom. The van der Waals surface area contributed by atoms with Crippen LogP contribution in [-0.4, -0.2) is 22.3 Å². The highest BCUT2D eigenvalue weighted by Crippen LogP contribution is 2.21. The Bertz CT molecular complexity index is 892. The van der Waals surface area contributed by atoms with Gasteiger partial charge in [-0.25, -0.2) is 4.79 Å². The zero-order valence-corrected chi connectivity index (χ0v) is 15.1. The highest BCUT2D eigenvalue weighted by Gasteiger charge is 2.00. The second kappa shape index (κ2) is 8.72. The van der Waals surface area contributed by atoms with E-state index in [0.29, 0.717) is 0 Å². The summed E-state index contributed by atoms with van der Waals surface area (Å²) in [5, 5.41) is 3.24. The first-order chi connectivity index (χ1) is 12.2. The molecule has 0 amide bonds. The average molecular weight is 354 g/mol. The first-order valence-corrected chi connectivity index (χ1v) is 9.52. The number of aryl methyl sites for hydroxylation is 1. The molecule has 0 atom stereocenters. The van der Waals surface area contributed by atoms with E-state index >= 15 is 0 Å². The summed E-state index contributed by atoms with van der Waals surface area (Å²) in [5.41, 5.74) is 0.581. The number of rotatable bonds is 8. The number of aromatic nitrogens is 2. The maximum Gasteiger partial charge on any atom is 0.346 e. The van der Waals surface area contributed by atoms with Crippen LogP contribution in [0.1, 0.15) is 25.0 Å². The van der Waals surface area contributed by atoms with Crippen molar-refractivity contribution in [3.63, 3.8) is 0 Å². The first-order valence-electron chi connectivity index (χ1n) is 8.53. The molecule has 0 radical (unpaired) electrons. The van der Waals surface area contributed by atoms with Crippen molar-refractivity contribution in [2.45, 2.75) is 31.2 Å². The predicted octanol–water partition coefficient (Wildman–Crippen LogP) is 4.57. The lowest BCUT2D eigenvalue weighted by Gasteiger charge is -2.07. The van der Waals surface area contributed by atoms with Crippen molar-refractivity contribution in [1.29, 1.82) is 0 Å². The SMILES string of the molecule is Cc1cc(SCCCCCOc2ccc3ccccc3c2)nc(=O)[nH]1. The molecule has 5 heteroatoms. The van der Waals surface area contributed by atoms with Crippen LogP contribution in [0.3, 0.4) is 0 Å². The second-order valence-corrected chi connectivity index (χ2v) is 7.09. The van der Waals surface area contributed by atoms with E-state index in [1.54, 1.807) is 11.8 Å². The molecule has 0 spiro atoms. The van der Waals surface area contributed by atoms with E-state index in [-0.39, 0.29) is 5.69 Å². The summed E-state index contributed by atoms with van der Waals surface area (Å²) >= 11 is 1.63. The van der Waals surface area contributed by atoms with Gasteiger partial charge < -0.3 is 9.72 Å². The lowest BCUT2D eigenvalue weighted by atomic mass is 10.1. The summed E-state index contributed by atoms with van der Waals surface area (Å²) in [6.45, 7) is 2.60. The van der Waals surface area contributed by atoms with Gasteiger partial charge in [0.15, 0.2) is 0 Å². The molecule has 25 heavy (non-hydrogen) atoms. The summed E-state index contributed by atoms with van der Waals surface area (Å²) in [6, 6.07) is 16.4. The van der Waals surface area contributed by atoms with Gasteiger partial charge in [0, 0.05) is 5.69 Å². The third-order valence-electron chi connectivity index (χ3n) is 3.88. The minimum atomic E-state index is -0.272. The van der Waals surface area contributed by atoms with E-state index in [2.05, 4.69) is 34.2 Å². The summed E-state index contributed by atoms with van der Waals surface area (Å²) in [4.78, 5) is 17.9. The van der Waals surface area contributed by atoms with Gasteiger partial charge in [-0.2, -0.15) is 4.98 Å². The van der Waals surface area contributed by atoms with Gasteiger partial charge in [-0.3, -0.25) is 0 Å². The van der Waals surface area contributed by atoms with Gasteiger partial charge in [0.1, 0.15) is 10.8 Å². The van der Waals surface area contributed by atoms with Crippen molar-refractivity contribution >= 4 is 22.5 Å². The highest BCUT2D eigenvalue weighted by molar-refractivity contribution is 7.99. The fourth-order valence-corrected chi connectivity index (χ4v) is 3.59. The van der Waals surface area contributed by atoms with E-state index in [1.807, 2.05) is 31.2 Å². The molecule has 3 rings (SSSR count). The Morgan fingerprint density at radius 3 is 2.72 bits per heavy atom. The van der Waals surface area contributed by atoms with E-state index < -0.39 is 0 Å². The van der Waals surface area contributed by atoms with E-state index in [0.717, 1.165) is 48.1 Å². The molecule has 1 N–H and O–H groups in total. The van der Waals surface area contributed by atoms with Crippen LogP contribution in [0.25, 0.3) is 10.8 Å². The summed E-state index contributed by atoms with van der Waals surface area (Å²) in [7, 11) is 0. The van der Waals surface area contributed by atoms with E-state index in [1.165, 1.54) is 10.8 Å². The molecule has 1 heterocycles. The number of hydrogen-bond acceptors (Lipinski definition) is 4. The van der Waals surface area contributed by atoms with Crippen molar-refractivity contribution < 1.29 is 4.74 Å². The van der Waals surface area contributed by atoms with Crippen LogP contribution in [0.2, 0.25) is 0 Å². The van der Waals surface area contributed by atoms with Crippen LogP contribution in [0.15, 0.2) is 58.4 Å². The van der Waals surface area contributed by atoms with Crippen molar-refractivity contribution in [3.05, 3.63) is 64.7 Å². The van der Waals surface area contributed by atoms with Crippen molar-refractivity contribution in [3.8, 4) is 5.75 Å². The van der Waals surface area contributed by atoms with E-state index in [4.69, 9.17) is 4.74 Å². The summed E-state index contributed by atoms with van der Waals surface area (Å²) in [6.07, 6.45) is 3.21. The Kier molecular flexibility index (Phi) is 6.12. The second-order valence-electron chi connectivity index (χ2n) is 5.97. The molecule has 0 bridgehead atoms. The number of hydrogen-bond donors (Lipinski definition) is 1. The number of aromatic amines is 1. The number of ether oxygens (including phenoxy) is 1. The minimum Gasteiger partial charge on any atom is -0.494 e. The number of unbranched alkanes of at least 4 members (excludes halogenated alkanes) is 2. The monoisotopic (exact) mass is 354 g/mol. The molecule has 2 aromatic carbocycles. The Balaban J connectivity index is 1.35. The predicted molar refractivity (Wildman–Crippen MR) is 104 cm³/mol. The minimum absolute atomic E-state index is 0.272. The number of benzene rings is 2. The Labute approximate surface area is 151 Å². The molecule has 130 valence electrons. The van der Waals surface area contributed by atoms with Crippen LogP contribution in [0.5, 0.6) is 5.75 Å². The summed E-state index contributed by atoms with van der Waals surface area (Å²) < 4.78 is 5.85. The average Bonchev–Trinajstić information content (AvgIpc) is 2.60. The number of H-pyrrole nitrogens is 1. The zero-order chi connectivity index (χ0) is 17.5. The van der Waals surface area contributed by atoms with Gasteiger partial charge in [-0.15, -0.1) is 11.8 Å². The summed E-state index contributed by atoms with van der Waals surface area (Å²) in [5.74, 6) is 1.89. The lowest BCUT2D eigenvalue weighted by Crippen LogP contribution is -2.11. The Hall–Kier alpha value is -2.27. The molecule has 0 aliphatic carbocycles. The number of fused-ring (bicyclic) bond motifs is 1. The molecule has 0 saturated heterocycles. The molecular weight excluding hydrogens is 332 g/mol. The Morgan fingerprint density at radius 2 is 1.88 bits per heavy atom. The maximum atomic E-state index is 11.3. The topological polar surface area (TPSA) is 55.0 Å². The smallest absolute Gasteiger partial charge is 0.346 e. The first kappa shape index (κ1) is 17.5. The van der Waals surface area contributed by atoms with Gasteiger partial charge >= 0.3 is 5.69 Å². The van der Waals surface area contributed by atoms with Crippen molar-refractivity contribution in [1.82, 2.24) is 9.97 Å². The van der Waals surface area contributed by atoms with Crippen LogP contribution in [-0.2, 0) is 0 Å². The largest absolute Gasteiger partial charge is 0.494 e. The molecule has 1 aromatic heterocycles. The van der Waals surface area contributed by atoms with Gasteiger partial charge in [-0.1, -0.05) is 30.3 Å².